The van der Waals surface area contributed by atoms with Gasteiger partial charge in [0.05, 0.1) is 10.0 Å². The molecule has 588 valence electrons. The summed E-state index contributed by atoms with van der Waals surface area (Å²) in [6, 6.07) is 50.4. The van der Waals surface area contributed by atoms with Gasteiger partial charge in [0.2, 0.25) is 51.5 Å². The standard InChI is InChI=1S/C30H40ClN7O.C29H38ClN7O.C14H13Cl.C7H16N2.C3Cl3N3/c1-37-18-16-25(17-19-37)38(2)30-35-28(32-23-12-8-3-4-9-13-23)34-29(36-30)33-24-14-15-27(26(31)20-24)39-21-22-10-6-5-7-11-22;1-37(24-15-17-31-18-16-24)29-35-27(32-22-11-7-2-3-8-12-22)34-28(36-29)33-23-13-14-26(25(30)19-23)38-20-21-9-5-4-6-10-21;1-11-7-8-13(14(15)9-11)10-12-5-3-2-4-6-12;1-8-7-3-5-9(2)6-4-7;4-1-7-2(5)9-3(6)8-1/h5-7,10-11,14-15,20,23,25H,3-4,8-9,12-13,16-19,21H2,1-2H3,(H2,32,33,34,35,36);4-6,9-10,13-14,19,22,24,31H,2-3,7-8,11-12,15-18,20H2,1H3,(H2,32,33,34,35,36);2-9H,10H2,1H3;7-8H,3-6H2,1-2H3;. The number of ether oxygens (including phenoxy) is 2. The molecule has 110 heavy (non-hydrogen) atoms. The van der Waals surface area contributed by atoms with E-state index in [1.165, 1.54) is 94.0 Å². The van der Waals surface area contributed by atoms with Crippen LogP contribution in [0.2, 0.25) is 30.9 Å². The van der Waals surface area contributed by atoms with E-state index in [1.54, 1.807) is 0 Å². The third kappa shape index (κ3) is 28.8. The van der Waals surface area contributed by atoms with Gasteiger partial charge in [-0.05, 0) is 243 Å². The van der Waals surface area contributed by atoms with Gasteiger partial charge in [0.15, 0.2) is 0 Å². The average Bonchev–Trinajstić information content (AvgIpc) is 0.869. The van der Waals surface area contributed by atoms with Crippen LogP contribution in [0.15, 0.2) is 146 Å². The van der Waals surface area contributed by atoms with Gasteiger partial charge in [0, 0.05) is 60.7 Å². The van der Waals surface area contributed by atoms with Crippen molar-refractivity contribution in [1.29, 1.82) is 0 Å². The zero-order valence-corrected chi connectivity index (χ0v) is 68.8. The third-order valence-electron chi connectivity index (χ3n) is 20.3. The molecule has 3 aromatic heterocycles. The van der Waals surface area contributed by atoms with Crippen molar-refractivity contribution in [1.82, 2.24) is 65.3 Å². The Morgan fingerprint density at radius 2 is 0.818 bits per heavy atom. The van der Waals surface area contributed by atoms with Crippen molar-refractivity contribution in [2.24, 2.45) is 0 Å². The van der Waals surface area contributed by atoms with Crippen LogP contribution in [0.5, 0.6) is 11.5 Å². The Kier molecular flexibility index (Phi) is 34.8. The molecule has 3 aliphatic heterocycles. The van der Waals surface area contributed by atoms with Crippen molar-refractivity contribution in [2.45, 2.75) is 172 Å². The Labute approximate surface area is 680 Å². The van der Waals surface area contributed by atoms with Crippen molar-refractivity contribution >= 4 is 117 Å². The number of aryl methyl sites for hydroxylation is 1. The van der Waals surface area contributed by atoms with Gasteiger partial charge in [0.1, 0.15) is 24.7 Å². The zero-order valence-electron chi connectivity index (χ0n) is 64.2. The summed E-state index contributed by atoms with van der Waals surface area (Å²) < 4.78 is 11.9. The van der Waals surface area contributed by atoms with Crippen molar-refractivity contribution in [3.05, 3.63) is 204 Å². The minimum Gasteiger partial charge on any atom is -0.487 e. The van der Waals surface area contributed by atoms with E-state index in [-0.39, 0.29) is 15.9 Å². The molecule has 6 aromatic carbocycles. The molecule has 21 nitrogen and oxygen atoms in total. The number of rotatable bonds is 21. The Morgan fingerprint density at radius 3 is 1.23 bits per heavy atom. The van der Waals surface area contributed by atoms with Crippen LogP contribution < -0.4 is 51.2 Å². The molecule has 0 atom stereocenters. The molecule has 27 heteroatoms. The molecule has 9 aromatic rings. The lowest BCUT2D eigenvalue weighted by molar-refractivity contribution is 0.240. The molecule has 0 bridgehead atoms. The second-order valence-corrected chi connectivity index (χ2v) is 31.1. The second kappa shape index (κ2) is 45.1. The van der Waals surface area contributed by atoms with Crippen LogP contribution in [0.3, 0.4) is 0 Å². The fourth-order valence-corrected chi connectivity index (χ4v) is 15.1. The molecule has 6 heterocycles. The Hall–Kier alpha value is -7.67. The van der Waals surface area contributed by atoms with Crippen LogP contribution in [-0.2, 0) is 19.6 Å². The fraction of sp³-hybridized carbons (Fsp3) is 0.458. The summed E-state index contributed by atoms with van der Waals surface area (Å²) in [5.41, 5.74) is 7.47. The molecular weight excluding hydrogens is 1510 g/mol. The van der Waals surface area contributed by atoms with Crippen LogP contribution in [0, 0.1) is 6.92 Å². The van der Waals surface area contributed by atoms with E-state index in [0.717, 1.165) is 118 Å². The van der Waals surface area contributed by atoms with E-state index in [4.69, 9.17) is 109 Å². The summed E-state index contributed by atoms with van der Waals surface area (Å²) in [5.74, 6) is 4.90. The SMILES string of the molecule is CN(c1nc(Nc2ccc(OCc3ccccc3)c(Cl)c2)nc(NC2CCCCCC2)n1)C1CCNCC1.CN1CCC(N(C)c2nc(Nc3ccc(OCc4ccccc4)c(Cl)c3)nc(NC3CCCCCC3)n2)CC1.CNC1CCN(C)CC1.Cc1ccc(Cc2ccccc2)c(Cl)c1.Clc1nc(Cl)nc(Cl)n1. The summed E-state index contributed by atoms with van der Waals surface area (Å²) in [7, 11) is 10.6. The molecule has 0 radical (unpaired) electrons. The normalized spacial score (nSPS) is 16.3. The van der Waals surface area contributed by atoms with Gasteiger partial charge >= 0.3 is 0 Å². The molecule has 3 saturated heterocycles. The Morgan fingerprint density at radius 1 is 0.418 bits per heavy atom. The minimum absolute atomic E-state index is 0.000000000000000444. The van der Waals surface area contributed by atoms with Gasteiger partial charge in [-0.3, -0.25) is 0 Å². The Balaban J connectivity index is 0.000000166. The number of halogens is 6. The van der Waals surface area contributed by atoms with Crippen LogP contribution in [0.25, 0.3) is 0 Å². The van der Waals surface area contributed by atoms with E-state index in [9.17, 15) is 0 Å². The highest BCUT2D eigenvalue weighted by Crippen LogP contribution is 2.34. The molecule has 0 spiro atoms. The van der Waals surface area contributed by atoms with Gasteiger partial charge < -0.3 is 61.0 Å². The average molecular weight is 1620 g/mol. The number of benzene rings is 6. The monoisotopic (exact) mass is 1610 g/mol. The number of anilines is 8. The maximum Gasteiger partial charge on any atom is 0.233 e. The summed E-state index contributed by atoms with van der Waals surface area (Å²) in [5, 5.41) is 22.6. The molecule has 2 saturated carbocycles. The first-order valence-electron chi connectivity index (χ1n) is 38.7. The van der Waals surface area contributed by atoms with E-state index < -0.39 is 0 Å². The Bertz CT molecular complexity index is 4140. The van der Waals surface area contributed by atoms with Gasteiger partial charge in [-0.1, -0.05) is 189 Å². The molecule has 5 aliphatic rings. The van der Waals surface area contributed by atoms with E-state index in [0.29, 0.717) is 94.6 Å². The largest absolute Gasteiger partial charge is 0.487 e. The predicted molar refractivity (Wildman–Crippen MR) is 454 cm³/mol. The van der Waals surface area contributed by atoms with Gasteiger partial charge in [0.25, 0.3) is 0 Å². The first-order chi connectivity index (χ1) is 53.4. The van der Waals surface area contributed by atoms with E-state index in [1.807, 2.05) is 109 Å². The van der Waals surface area contributed by atoms with Gasteiger partial charge in [-0.2, -0.15) is 44.9 Å². The highest BCUT2D eigenvalue weighted by molar-refractivity contribution is 6.34. The second-order valence-electron chi connectivity index (χ2n) is 28.8. The number of nitrogens with one attached hydrogen (secondary N) is 6. The highest BCUT2D eigenvalue weighted by Gasteiger charge is 2.26. The molecular formula is C83H107Cl6N19O2. The molecule has 6 N–H and O–H groups in total. The number of hydrogen-bond donors (Lipinski definition) is 6. The maximum absolute atomic E-state index is 6.59. The first kappa shape index (κ1) is 84.8. The van der Waals surface area contributed by atoms with Crippen LogP contribution in [0.1, 0.15) is 143 Å². The molecule has 0 amide bonds. The number of aromatic nitrogens is 9. The highest BCUT2D eigenvalue weighted by atomic mass is 35.5. The number of likely N-dealkylation sites (tertiary alicyclic amines) is 2. The zero-order chi connectivity index (χ0) is 77.4. The van der Waals surface area contributed by atoms with E-state index >= 15 is 0 Å². The minimum atomic E-state index is 0.000000000000000444. The van der Waals surface area contributed by atoms with Crippen LogP contribution >= 0.6 is 69.6 Å². The third-order valence-corrected chi connectivity index (χ3v) is 21.8. The predicted octanol–water partition coefficient (Wildman–Crippen LogP) is 19.1. The van der Waals surface area contributed by atoms with Crippen molar-refractivity contribution < 1.29 is 9.47 Å². The van der Waals surface area contributed by atoms with Crippen molar-refractivity contribution in [3.63, 3.8) is 0 Å². The van der Waals surface area contributed by atoms with Gasteiger partial charge in [-0.25, -0.2) is 0 Å². The molecule has 0 unspecified atom stereocenters. The number of nitrogens with zero attached hydrogens (tertiary/aromatic N) is 13. The molecule has 5 fully saturated rings. The first-order valence-corrected chi connectivity index (χ1v) is 40.9. The molecule has 2 aliphatic carbocycles. The number of hydrogen-bond acceptors (Lipinski definition) is 21. The van der Waals surface area contributed by atoms with Crippen LogP contribution in [0.4, 0.5) is 47.1 Å². The van der Waals surface area contributed by atoms with E-state index in [2.05, 4.69) is 145 Å². The topological polar surface area (TPSA) is 220 Å². The lowest BCUT2D eigenvalue weighted by atomic mass is 10.0. The van der Waals surface area contributed by atoms with Crippen molar-refractivity contribution in [3.8, 4) is 11.5 Å². The van der Waals surface area contributed by atoms with Crippen LogP contribution in [-0.4, -0.2) is 159 Å². The quantitative estimate of drug-likeness (QED) is 0.0368. The summed E-state index contributed by atoms with van der Waals surface area (Å²) in [6.45, 7) is 9.67. The lowest BCUT2D eigenvalue weighted by Gasteiger charge is -2.35. The van der Waals surface area contributed by atoms with Gasteiger partial charge in [-0.15, -0.1) is 0 Å². The smallest absolute Gasteiger partial charge is 0.233 e. The number of piperidine rings is 3. The fourth-order valence-electron chi connectivity index (χ4n) is 13.7. The summed E-state index contributed by atoms with van der Waals surface area (Å²) in [4.78, 5) is 48.4. The molecule has 14 rings (SSSR count). The summed E-state index contributed by atoms with van der Waals surface area (Å²) >= 11 is 35.3. The lowest BCUT2D eigenvalue weighted by Crippen LogP contribution is -2.42. The van der Waals surface area contributed by atoms with Crippen molar-refractivity contribution in [2.75, 3.05) is 106 Å². The maximum atomic E-state index is 6.59. The summed E-state index contributed by atoms with van der Waals surface area (Å²) in [6.07, 6.45) is 22.6.